The van der Waals surface area contributed by atoms with Gasteiger partial charge in [-0.3, -0.25) is 9.59 Å². The second-order valence-corrected chi connectivity index (χ2v) is 4.92. The van der Waals surface area contributed by atoms with Crippen LogP contribution in [0.5, 0.6) is 0 Å². The molecule has 1 atom stereocenters. The van der Waals surface area contributed by atoms with Gasteiger partial charge in [-0.25, -0.2) is 0 Å². The number of rotatable bonds is 4. The molecule has 1 aliphatic carbocycles. The number of hydrogen-bond donors (Lipinski definition) is 2. The highest BCUT2D eigenvalue weighted by Crippen LogP contribution is 2.18. The molecule has 1 unspecified atom stereocenters. The first kappa shape index (κ1) is 12.9. The van der Waals surface area contributed by atoms with E-state index in [4.69, 9.17) is 11.6 Å². The van der Waals surface area contributed by atoms with Gasteiger partial charge in [0.15, 0.2) is 0 Å². The Morgan fingerprint density at radius 3 is 2.44 bits per heavy atom. The fourth-order valence-corrected chi connectivity index (χ4v) is 1.63. The average Bonchev–Trinajstić information content (AvgIpc) is 3.13. The second kappa shape index (κ2) is 5.40. The molecule has 18 heavy (non-hydrogen) atoms. The van der Waals surface area contributed by atoms with Crippen LogP contribution in [-0.2, 0) is 4.79 Å². The summed E-state index contributed by atoms with van der Waals surface area (Å²) >= 11 is 5.74. The van der Waals surface area contributed by atoms with Gasteiger partial charge in [0, 0.05) is 16.6 Å². The molecule has 2 N–H and O–H groups in total. The first-order valence-electron chi connectivity index (χ1n) is 5.93. The minimum Gasteiger partial charge on any atom is -0.352 e. The van der Waals surface area contributed by atoms with Gasteiger partial charge in [-0.2, -0.15) is 0 Å². The Balaban J connectivity index is 1.89. The fraction of sp³-hybridized carbons (Fsp3) is 0.385. The van der Waals surface area contributed by atoms with E-state index in [0.717, 1.165) is 12.8 Å². The van der Waals surface area contributed by atoms with Crippen molar-refractivity contribution in [1.82, 2.24) is 10.6 Å². The van der Waals surface area contributed by atoms with Crippen LogP contribution in [0.1, 0.15) is 30.1 Å². The maximum atomic E-state index is 11.8. The van der Waals surface area contributed by atoms with Crippen LogP contribution < -0.4 is 10.6 Å². The zero-order valence-electron chi connectivity index (χ0n) is 10.1. The molecule has 0 aliphatic heterocycles. The number of carbonyl (C=O) groups is 2. The van der Waals surface area contributed by atoms with Crippen LogP contribution in [0.3, 0.4) is 0 Å². The van der Waals surface area contributed by atoms with E-state index < -0.39 is 6.04 Å². The zero-order chi connectivity index (χ0) is 13.1. The number of amides is 2. The first-order valence-corrected chi connectivity index (χ1v) is 6.31. The van der Waals surface area contributed by atoms with Crippen LogP contribution in [0.4, 0.5) is 0 Å². The molecule has 4 nitrogen and oxygen atoms in total. The standard InChI is InChI=1S/C13H15ClN2O2/c1-8(12(17)16-11-6-7-11)15-13(18)9-2-4-10(14)5-3-9/h2-5,8,11H,6-7H2,1H3,(H,15,18)(H,16,17). The predicted octanol–water partition coefficient (Wildman–Crippen LogP) is 1.74. The largest absolute Gasteiger partial charge is 0.352 e. The Labute approximate surface area is 111 Å². The Morgan fingerprint density at radius 2 is 1.89 bits per heavy atom. The molecule has 2 rings (SSSR count). The molecule has 0 aromatic heterocycles. The molecule has 1 fully saturated rings. The monoisotopic (exact) mass is 266 g/mol. The first-order chi connectivity index (χ1) is 8.56. The van der Waals surface area contributed by atoms with Gasteiger partial charge in [0.25, 0.3) is 5.91 Å². The van der Waals surface area contributed by atoms with Gasteiger partial charge >= 0.3 is 0 Å². The van der Waals surface area contributed by atoms with Crippen LogP contribution in [0.15, 0.2) is 24.3 Å². The van der Waals surface area contributed by atoms with Crippen LogP contribution in [-0.4, -0.2) is 23.9 Å². The van der Waals surface area contributed by atoms with Crippen molar-refractivity contribution in [1.29, 1.82) is 0 Å². The molecule has 0 spiro atoms. The minimum absolute atomic E-state index is 0.139. The van der Waals surface area contributed by atoms with E-state index in [2.05, 4.69) is 10.6 Å². The molecular formula is C13H15ClN2O2. The molecule has 0 heterocycles. The van der Waals surface area contributed by atoms with E-state index in [9.17, 15) is 9.59 Å². The molecule has 5 heteroatoms. The Kier molecular flexibility index (Phi) is 3.87. The average molecular weight is 267 g/mol. The number of halogens is 1. The fourth-order valence-electron chi connectivity index (χ4n) is 1.50. The second-order valence-electron chi connectivity index (χ2n) is 4.48. The number of benzene rings is 1. The number of hydrogen-bond acceptors (Lipinski definition) is 2. The van der Waals surface area contributed by atoms with Crippen molar-refractivity contribution in [2.45, 2.75) is 31.8 Å². The van der Waals surface area contributed by atoms with Crippen LogP contribution in [0.25, 0.3) is 0 Å². The topological polar surface area (TPSA) is 58.2 Å². The molecule has 0 saturated heterocycles. The van der Waals surface area contributed by atoms with Crippen molar-refractivity contribution in [2.75, 3.05) is 0 Å². The Hall–Kier alpha value is -1.55. The summed E-state index contributed by atoms with van der Waals surface area (Å²) < 4.78 is 0. The maximum absolute atomic E-state index is 11.8. The molecule has 0 bridgehead atoms. The molecule has 1 saturated carbocycles. The van der Waals surface area contributed by atoms with Gasteiger partial charge < -0.3 is 10.6 Å². The summed E-state index contributed by atoms with van der Waals surface area (Å²) in [5.74, 6) is -0.412. The summed E-state index contributed by atoms with van der Waals surface area (Å²) in [6.45, 7) is 1.67. The van der Waals surface area contributed by atoms with E-state index in [0.29, 0.717) is 16.6 Å². The van der Waals surface area contributed by atoms with Gasteiger partial charge in [0.1, 0.15) is 6.04 Å². The number of nitrogens with one attached hydrogen (secondary N) is 2. The third-order valence-electron chi connectivity index (χ3n) is 2.77. The van der Waals surface area contributed by atoms with Crippen LogP contribution in [0.2, 0.25) is 5.02 Å². The van der Waals surface area contributed by atoms with E-state index in [1.807, 2.05) is 0 Å². The smallest absolute Gasteiger partial charge is 0.251 e. The van der Waals surface area contributed by atoms with E-state index in [1.54, 1.807) is 31.2 Å². The molecule has 1 aliphatic rings. The van der Waals surface area contributed by atoms with Crippen LogP contribution in [0, 0.1) is 0 Å². The highest BCUT2D eigenvalue weighted by atomic mass is 35.5. The van der Waals surface area contributed by atoms with Crippen LogP contribution >= 0.6 is 11.6 Å². The van der Waals surface area contributed by atoms with Gasteiger partial charge in [-0.15, -0.1) is 0 Å². The quantitative estimate of drug-likeness (QED) is 0.872. The summed E-state index contributed by atoms with van der Waals surface area (Å²) in [7, 11) is 0. The van der Waals surface area contributed by atoms with Crippen molar-refractivity contribution in [2.24, 2.45) is 0 Å². The lowest BCUT2D eigenvalue weighted by atomic mass is 10.2. The zero-order valence-corrected chi connectivity index (χ0v) is 10.8. The van der Waals surface area contributed by atoms with Gasteiger partial charge in [-0.05, 0) is 44.0 Å². The lowest BCUT2D eigenvalue weighted by Gasteiger charge is -2.13. The molecular weight excluding hydrogens is 252 g/mol. The van der Waals surface area contributed by atoms with Crippen molar-refractivity contribution >= 4 is 23.4 Å². The summed E-state index contributed by atoms with van der Waals surface area (Å²) in [4.78, 5) is 23.5. The lowest BCUT2D eigenvalue weighted by molar-refractivity contribution is -0.122. The highest BCUT2D eigenvalue weighted by molar-refractivity contribution is 6.30. The summed E-state index contributed by atoms with van der Waals surface area (Å²) in [6, 6.07) is 6.31. The minimum atomic E-state index is -0.534. The SMILES string of the molecule is CC(NC(=O)c1ccc(Cl)cc1)C(=O)NC1CC1. The molecule has 1 aromatic rings. The van der Waals surface area contributed by atoms with Gasteiger partial charge in [0.05, 0.1) is 0 Å². The third-order valence-corrected chi connectivity index (χ3v) is 3.02. The van der Waals surface area contributed by atoms with E-state index >= 15 is 0 Å². The number of carbonyl (C=O) groups excluding carboxylic acids is 2. The molecule has 0 radical (unpaired) electrons. The van der Waals surface area contributed by atoms with E-state index in [-0.39, 0.29) is 11.8 Å². The third kappa shape index (κ3) is 3.47. The lowest BCUT2D eigenvalue weighted by Crippen LogP contribution is -2.45. The highest BCUT2D eigenvalue weighted by Gasteiger charge is 2.26. The van der Waals surface area contributed by atoms with Crippen molar-refractivity contribution in [3.8, 4) is 0 Å². The van der Waals surface area contributed by atoms with Gasteiger partial charge in [-0.1, -0.05) is 11.6 Å². The van der Waals surface area contributed by atoms with Gasteiger partial charge in [0.2, 0.25) is 5.91 Å². The van der Waals surface area contributed by atoms with Crippen molar-refractivity contribution in [3.05, 3.63) is 34.9 Å². The summed E-state index contributed by atoms with van der Waals surface area (Å²) in [5, 5.41) is 6.07. The predicted molar refractivity (Wildman–Crippen MR) is 69.5 cm³/mol. The van der Waals surface area contributed by atoms with Crippen molar-refractivity contribution in [3.63, 3.8) is 0 Å². The Bertz CT molecular complexity index is 455. The summed E-state index contributed by atoms with van der Waals surface area (Å²) in [5.41, 5.74) is 0.491. The molecule has 96 valence electrons. The molecule has 2 amide bonds. The Morgan fingerprint density at radius 1 is 1.28 bits per heavy atom. The summed E-state index contributed by atoms with van der Waals surface area (Å²) in [6.07, 6.45) is 2.06. The molecule has 1 aromatic carbocycles. The van der Waals surface area contributed by atoms with E-state index in [1.165, 1.54) is 0 Å². The normalized spacial score (nSPS) is 15.9. The maximum Gasteiger partial charge on any atom is 0.251 e. The van der Waals surface area contributed by atoms with Crippen molar-refractivity contribution < 1.29 is 9.59 Å².